The van der Waals surface area contributed by atoms with Gasteiger partial charge in [0.2, 0.25) is 0 Å². The predicted molar refractivity (Wildman–Crippen MR) is 54.3 cm³/mol. The monoisotopic (exact) mass is 209 g/mol. The predicted octanol–water partition coefficient (Wildman–Crippen LogP) is 2.85. The lowest BCUT2D eigenvalue weighted by molar-refractivity contribution is 0.202. The van der Waals surface area contributed by atoms with Crippen LogP contribution >= 0.6 is 11.1 Å². The van der Waals surface area contributed by atoms with Crippen molar-refractivity contribution in [3.8, 4) is 0 Å². The molecule has 73 valence electrons. The van der Waals surface area contributed by atoms with Crippen molar-refractivity contribution in [1.29, 1.82) is 0 Å². The van der Waals surface area contributed by atoms with Crippen molar-refractivity contribution in [3.05, 3.63) is 6.92 Å². The lowest BCUT2D eigenvalue weighted by Gasteiger charge is -2.22. The summed E-state index contributed by atoms with van der Waals surface area (Å²) >= 11 is 6.18. The summed E-state index contributed by atoms with van der Waals surface area (Å²) in [6.07, 6.45) is 1.87. The molecule has 1 radical (unpaired) electrons. The number of unbranched alkanes of at least 4 members (excludes halogenated alkanes) is 1. The maximum absolute atomic E-state index is 6.18. The van der Waals surface area contributed by atoms with Gasteiger partial charge < -0.3 is 8.85 Å². The minimum absolute atomic E-state index is 0.632. The molecule has 0 saturated heterocycles. The topological polar surface area (TPSA) is 18.5 Å². The second-order valence-corrected chi connectivity index (χ2v) is 6.61. The average molecular weight is 210 g/mol. The van der Waals surface area contributed by atoms with Crippen molar-refractivity contribution in [1.82, 2.24) is 0 Å². The molecule has 0 aliphatic heterocycles. The third-order valence-corrected chi connectivity index (χ3v) is 5.06. The van der Waals surface area contributed by atoms with Gasteiger partial charge in [-0.05, 0) is 13.8 Å². The lowest BCUT2D eigenvalue weighted by atomic mass is 10.4. The first-order valence-corrected chi connectivity index (χ1v) is 7.48. The molecule has 4 heteroatoms. The Bertz CT molecular complexity index is 105. The molecule has 2 nitrogen and oxygen atoms in total. The van der Waals surface area contributed by atoms with Crippen LogP contribution in [0.2, 0.25) is 6.04 Å². The highest BCUT2D eigenvalue weighted by molar-refractivity contribution is 7.12. The van der Waals surface area contributed by atoms with Crippen LogP contribution in [-0.2, 0) is 8.85 Å². The van der Waals surface area contributed by atoms with Crippen LogP contribution in [0.1, 0.15) is 26.7 Å². The van der Waals surface area contributed by atoms with Gasteiger partial charge in [-0.2, -0.15) is 0 Å². The van der Waals surface area contributed by atoms with E-state index in [9.17, 15) is 0 Å². The Labute approximate surface area is 81.2 Å². The molecule has 0 saturated carbocycles. The van der Waals surface area contributed by atoms with Gasteiger partial charge in [0.15, 0.2) is 0 Å². The van der Waals surface area contributed by atoms with Crippen LogP contribution in [-0.4, -0.2) is 21.1 Å². The summed E-state index contributed by atoms with van der Waals surface area (Å²) in [6, 6.07) is 0.833. The third-order valence-electron chi connectivity index (χ3n) is 1.45. The van der Waals surface area contributed by atoms with Crippen molar-refractivity contribution >= 4 is 18.9 Å². The first-order valence-electron chi connectivity index (χ1n) is 4.44. The van der Waals surface area contributed by atoms with E-state index < -0.39 is 7.87 Å². The zero-order chi connectivity index (χ0) is 9.45. The number of halogens is 1. The molecule has 0 fully saturated rings. The smallest absolute Gasteiger partial charge is 0.383 e. The minimum Gasteiger partial charge on any atom is -0.383 e. The Kier molecular flexibility index (Phi) is 7.14. The molecular formula is C8H18ClO2Si. The Hall–Kier alpha value is 0.427. The van der Waals surface area contributed by atoms with Crippen LogP contribution in [0, 0.1) is 6.92 Å². The van der Waals surface area contributed by atoms with Crippen LogP contribution in [0.25, 0.3) is 0 Å². The molecule has 0 aromatic carbocycles. The van der Waals surface area contributed by atoms with Gasteiger partial charge in [-0.1, -0.05) is 30.8 Å². The molecule has 0 heterocycles. The molecule has 12 heavy (non-hydrogen) atoms. The first-order chi connectivity index (χ1) is 5.68. The van der Waals surface area contributed by atoms with Gasteiger partial charge in [0.1, 0.15) is 0 Å². The first kappa shape index (κ1) is 12.4. The van der Waals surface area contributed by atoms with Gasteiger partial charge in [0.05, 0.1) is 0 Å². The molecule has 0 aromatic heterocycles. The van der Waals surface area contributed by atoms with Crippen molar-refractivity contribution in [2.75, 3.05) is 13.2 Å². The zero-order valence-corrected chi connectivity index (χ0v) is 9.69. The van der Waals surface area contributed by atoms with E-state index in [1.807, 2.05) is 13.8 Å². The van der Waals surface area contributed by atoms with Crippen LogP contribution in [0.5, 0.6) is 0 Å². The van der Waals surface area contributed by atoms with E-state index in [0.29, 0.717) is 13.2 Å². The number of rotatable bonds is 7. The van der Waals surface area contributed by atoms with Crippen LogP contribution in [0.15, 0.2) is 0 Å². The van der Waals surface area contributed by atoms with E-state index in [1.165, 1.54) is 0 Å². The molecule has 0 aliphatic carbocycles. The van der Waals surface area contributed by atoms with E-state index in [-0.39, 0.29) is 0 Å². The third kappa shape index (κ3) is 5.14. The fourth-order valence-corrected chi connectivity index (χ4v) is 3.92. The van der Waals surface area contributed by atoms with Gasteiger partial charge >= 0.3 is 7.87 Å². The maximum Gasteiger partial charge on any atom is 0.443 e. The van der Waals surface area contributed by atoms with Gasteiger partial charge in [-0.15, -0.1) is 0 Å². The molecule has 0 aliphatic rings. The Morgan fingerprint density at radius 2 is 1.75 bits per heavy atom. The van der Waals surface area contributed by atoms with E-state index >= 15 is 0 Å². The maximum atomic E-state index is 6.18. The number of hydrogen-bond donors (Lipinski definition) is 0. The Balaban J connectivity index is 3.80. The normalized spacial score (nSPS) is 12.0. The summed E-state index contributed by atoms with van der Waals surface area (Å²) in [4.78, 5) is 0. The van der Waals surface area contributed by atoms with Crippen LogP contribution < -0.4 is 0 Å². The SMILES string of the molecule is [CH2]CCC[Si](Cl)(OCC)OCC. The Morgan fingerprint density at radius 1 is 1.25 bits per heavy atom. The molecule has 0 spiro atoms. The molecule has 0 unspecified atom stereocenters. The zero-order valence-electron chi connectivity index (χ0n) is 7.94. The summed E-state index contributed by atoms with van der Waals surface area (Å²) in [5, 5.41) is 0. The highest BCUT2D eigenvalue weighted by Gasteiger charge is 2.33. The van der Waals surface area contributed by atoms with E-state index in [4.69, 9.17) is 19.9 Å². The van der Waals surface area contributed by atoms with Gasteiger partial charge in [0, 0.05) is 19.3 Å². The van der Waals surface area contributed by atoms with Crippen molar-refractivity contribution in [2.24, 2.45) is 0 Å². The van der Waals surface area contributed by atoms with Crippen molar-refractivity contribution < 1.29 is 8.85 Å². The summed E-state index contributed by atoms with van der Waals surface area (Å²) in [7, 11) is -2.34. The highest BCUT2D eigenvalue weighted by Crippen LogP contribution is 2.21. The van der Waals surface area contributed by atoms with Gasteiger partial charge in [-0.25, -0.2) is 0 Å². The van der Waals surface area contributed by atoms with Gasteiger partial charge in [-0.3, -0.25) is 0 Å². The lowest BCUT2D eigenvalue weighted by Crippen LogP contribution is -2.35. The summed E-state index contributed by atoms with van der Waals surface area (Å²) < 4.78 is 10.9. The van der Waals surface area contributed by atoms with E-state index in [0.717, 1.165) is 18.9 Å². The van der Waals surface area contributed by atoms with Crippen molar-refractivity contribution in [3.63, 3.8) is 0 Å². The standard InChI is InChI=1S/C8H18ClO2Si/c1-4-7-8-12(9,10-5-2)11-6-3/h1,4-8H2,2-3H3. The molecule has 0 rings (SSSR count). The summed E-state index contributed by atoms with van der Waals surface area (Å²) in [6.45, 7) is 8.90. The molecular weight excluding hydrogens is 192 g/mol. The van der Waals surface area contributed by atoms with Crippen molar-refractivity contribution in [2.45, 2.75) is 32.7 Å². The largest absolute Gasteiger partial charge is 0.443 e. The summed E-state index contributed by atoms with van der Waals surface area (Å²) in [5.74, 6) is 0. The van der Waals surface area contributed by atoms with Crippen LogP contribution in [0.3, 0.4) is 0 Å². The quantitative estimate of drug-likeness (QED) is 0.474. The molecule has 0 N–H and O–H groups in total. The fourth-order valence-electron chi connectivity index (χ4n) is 0.953. The van der Waals surface area contributed by atoms with Crippen LogP contribution in [0.4, 0.5) is 0 Å². The Morgan fingerprint density at radius 3 is 2.08 bits per heavy atom. The van der Waals surface area contributed by atoms with Gasteiger partial charge in [0.25, 0.3) is 0 Å². The molecule has 0 bridgehead atoms. The average Bonchev–Trinajstić information content (AvgIpc) is 2.02. The number of hydrogen-bond acceptors (Lipinski definition) is 2. The molecule has 0 amide bonds. The highest BCUT2D eigenvalue weighted by atomic mass is 35.6. The van der Waals surface area contributed by atoms with E-state index in [1.54, 1.807) is 0 Å². The van der Waals surface area contributed by atoms with E-state index in [2.05, 4.69) is 6.92 Å². The molecule has 0 aromatic rings. The molecule has 0 atom stereocenters. The fraction of sp³-hybridized carbons (Fsp3) is 0.875. The summed E-state index contributed by atoms with van der Waals surface area (Å²) in [5.41, 5.74) is 0. The second-order valence-electron chi connectivity index (χ2n) is 2.48. The minimum atomic E-state index is -2.34. The second kappa shape index (κ2) is 6.89.